The van der Waals surface area contributed by atoms with Crippen molar-refractivity contribution in [3.63, 3.8) is 0 Å². The maximum absolute atomic E-state index is 13.5. The SMILES string of the molecule is COc1cccc([C@@H]2[C@@H]3C(=O)N(c4ccccc4)C(=O)[C@@H]3ON2c2ccccc2)c1. The Hall–Kier alpha value is -3.64. The van der Waals surface area contributed by atoms with Gasteiger partial charge in [-0.15, -0.1) is 0 Å². The molecule has 3 aromatic carbocycles. The van der Waals surface area contributed by atoms with E-state index in [4.69, 9.17) is 9.57 Å². The van der Waals surface area contributed by atoms with E-state index in [1.807, 2.05) is 60.7 Å². The molecule has 0 spiro atoms. The number of amides is 2. The van der Waals surface area contributed by atoms with Crippen LogP contribution in [0.3, 0.4) is 0 Å². The number of hydrogen-bond acceptors (Lipinski definition) is 5. The van der Waals surface area contributed by atoms with Gasteiger partial charge in [0.05, 0.1) is 24.5 Å². The van der Waals surface area contributed by atoms with Crippen LogP contribution >= 0.6 is 0 Å². The third-order valence-electron chi connectivity index (χ3n) is 5.58. The average molecular weight is 400 g/mol. The van der Waals surface area contributed by atoms with E-state index in [9.17, 15) is 9.59 Å². The van der Waals surface area contributed by atoms with Crippen LogP contribution in [0.1, 0.15) is 11.6 Å². The van der Waals surface area contributed by atoms with Crippen LogP contribution in [0.15, 0.2) is 84.9 Å². The lowest BCUT2D eigenvalue weighted by Gasteiger charge is -2.29. The zero-order valence-corrected chi connectivity index (χ0v) is 16.3. The van der Waals surface area contributed by atoms with Crippen LogP contribution in [0.2, 0.25) is 0 Å². The summed E-state index contributed by atoms with van der Waals surface area (Å²) in [5.74, 6) is -0.587. The van der Waals surface area contributed by atoms with Gasteiger partial charge >= 0.3 is 0 Å². The van der Waals surface area contributed by atoms with Crippen molar-refractivity contribution in [2.24, 2.45) is 5.92 Å². The van der Waals surface area contributed by atoms with Gasteiger partial charge in [0.15, 0.2) is 6.10 Å². The molecule has 0 radical (unpaired) electrons. The molecule has 5 rings (SSSR count). The van der Waals surface area contributed by atoms with Gasteiger partial charge in [-0.05, 0) is 42.0 Å². The van der Waals surface area contributed by atoms with Crippen LogP contribution < -0.4 is 14.7 Å². The molecular formula is C24H20N2O4. The van der Waals surface area contributed by atoms with Gasteiger partial charge in [-0.2, -0.15) is 0 Å². The first-order chi connectivity index (χ1) is 14.7. The zero-order chi connectivity index (χ0) is 20.7. The minimum atomic E-state index is -0.880. The number of hydrogen-bond donors (Lipinski definition) is 0. The molecule has 0 aliphatic carbocycles. The molecule has 3 atom stereocenters. The number of carbonyl (C=O) groups excluding carboxylic acids is 2. The van der Waals surface area contributed by atoms with Crippen LogP contribution in [0, 0.1) is 5.92 Å². The Labute approximate surface area is 174 Å². The van der Waals surface area contributed by atoms with Crippen molar-refractivity contribution in [2.45, 2.75) is 12.1 Å². The fourth-order valence-corrected chi connectivity index (χ4v) is 4.21. The summed E-state index contributed by atoms with van der Waals surface area (Å²) in [7, 11) is 1.60. The minimum Gasteiger partial charge on any atom is -0.497 e. The highest BCUT2D eigenvalue weighted by atomic mass is 16.7. The molecule has 0 aromatic heterocycles. The van der Waals surface area contributed by atoms with Gasteiger partial charge in [0.2, 0.25) is 5.91 Å². The predicted octanol–water partition coefficient (Wildman–Crippen LogP) is 3.75. The Morgan fingerprint density at radius 2 is 1.47 bits per heavy atom. The maximum atomic E-state index is 13.5. The topological polar surface area (TPSA) is 59.1 Å². The van der Waals surface area contributed by atoms with E-state index < -0.39 is 18.1 Å². The van der Waals surface area contributed by atoms with E-state index in [1.54, 1.807) is 36.4 Å². The summed E-state index contributed by atoms with van der Waals surface area (Å²) in [5, 5.41) is 1.68. The third-order valence-corrected chi connectivity index (χ3v) is 5.58. The predicted molar refractivity (Wildman–Crippen MR) is 112 cm³/mol. The van der Waals surface area contributed by atoms with Gasteiger partial charge in [0.25, 0.3) is 5.91 Å². The normalized spacial score (nSPS) is 23.0. The minimum absolute atomic E-state index is 0.262. The molecule has 2 aliphatic heterocycles. The first-order valence-corrected chi connectivity index (χ1v) is 9.77. The first-order valence-electron chi connectivity index (χ1n) is 9.77. The summed E-state index contributed by atoms with van der Waals surface area (Å²) in [4.78, 5) is 34.1. The van der Waals surface area contributed by atoms with Gasteiger partial charge in [-0.3, -0.25) is 14.4 Å². The Bertz CT molecular complexity index is 1090. The summed E-state index contributed by atoms with van der Waals surface area (Å²) < 4.78 is 5.38. The molecule has 6 heteroatoms. The third kappa shape index (κ3) is 2.84. The lowest BCUT2D eigenvalue weighted by atomic mass is 9.90. The number of nitrogens with zero attached hydrogens (tertiary/aromatic N) is 2. The Morgan fingerprint density at radius 1 is 0.800 bits per heavy atom. The average Bonchev–Trinajstić information content (AvgIpc) is 3.31. The second kappa shape index (κ2) is 7.31. The highest BCUT2D eigenvalue weighted by Gasteiger charge is 2.60. The van der Waals surface area contributed by atoms with Crippen LogP contribution in [0.25, 0.3) is 0 Å². The van der Waals surface area contributed by atoms with E-state index in [-0.39, 0.29) is 11.8 Å². The molecule has 0 bridgehead atoms. The van der Waals surface area contributed by atoms with Gasteiger partial charge in [-0.1, -0.05) is 48.5 Å². The van der Waals surface area contributed by atoms with Gasteiger partial charge in [0.1, 0.15) is 11.7 Å². The number of methoxy groups -OCH3 is 1. The molecule has 0 N–H and O–H groups in total. The van der Waals surface area contributed by atoms with Gasteiger partial charge < -0.3 is 4.74 Å². The fraction of sp³-hybridized carbons (Fsp3) is 0.167. The number of fused-ring (bicyclic) bond motifs is 1. The monoisotopic (exact) mass is 400 g/mol. The van der Waals surface area contributed by atoms with Crippen molar-refractivity contribution >= 4 is 23.2 Å². The number of benzene rings is 3. The zero-order valence-electron chi connectivity index (χ0n) is 16.3. The second-order valence-electron chi connectivity index (χ2n) is 7.28. The summed E-state index contributed by atoms with van der Waals surface area (Å²) >= 11 is 0. The van der Waals surface area contributed by atoms with Crippen molar-refractivity contribution in [3.05, 3.63) is 90.5 Å². The van der Waals surface area contributed by atoms with Crippen LogP contribution in [-0.4, -0.2) is 25.0 Å². The molecule has 30 heavy (non-hydrogen) atoms. The highest BCUT2D eigenvalue weighted by molar-refractivity contribution is 6.23. The van der Waals surface area contributed by atoms with Crippen molar-refractivity contribution in [2.75, 3.05) is 17.1 Å². The summed E-state index contributed by atoms with van der Waals surface area (Å²) in [6.07, 6.45) is -0.880. The van der Waals surface area contributed by atoms with Crippen LogP contribution in [-0.2, 0) is 14.4 Å². The second-order valence-corrected chi connectivity index (χ2v) is 7.28. The molecule has 3 aromatic rings. The molecule has 150 valence electrons. The van der Waals surface area contributed by atoms with E-state index in [2.05, 4.69) is 0 Å². The van der Waals surface area contributed by atoms with Crippen LogP contribution in [0.4, 0.5) is 11.4 Å². The Morgan fingerprint density at radius 3 is 2.13 bits per heavy atom. The fourth-order valence-electron chi connectivity index (χ4n) is 4.21. The number of hydroxylamine groups is 1. The molecule has 6 nitrogen and oxygen atoms in total. The Kier molecular flexibility index (Phi) is 4.48. The van der Waals surface area contributed by atoms with E-state index in [0.29, 0.717) is 11.4 Å². The molecule has 2 saturated heterocycles. The van der Waals surface area contributed by atoms with E-state index >= 15 is 0 Å². The largest absolute Gasteiger partial charge is 0.497 e. The van der Waals surface area contributed by atoms with E-state index in [1.165, 1.54) is 4.90 Å². The lowest BCUT2D eigenvalue weighted by Crippen LogP contribution is -2.37. The number of rotatable bonds is 4. The summed E-state index contributed by atoms with van der Waals surface area (Å²) in [6, 6.07) is 25.6. The van der Waals surface area contributed by atoms with Crippen molar-refractivity contribution in [1.82, 2.24) is 0 Å². The summed E-state index contributed by atoms with van der Waals surface area (Å²) in [5.41, 5.74) is 2.19. The first kappa shape index (κ1) is 18.4. The smallest absolute Gasteiger partial charge is 0.266 e. The highest BCUT2D eigenvalue weighted by Crippen LogP contribution is 2.47. The van der Waals surface area contributed by atoms with Gasteiger partial charge in [-0.25, -0.2) is 9.96 Å². The molecule has 2 aliphatic rings. The van der Waals surface area contributed by atoms with Crippen LogP contribution in [0.5, 0.6) is 5.75 Å². The van der Waals surface area contributed by atoms with E-state index in [0.717, 1.165) is 11.3 Å². The molecule has 0 saturated carbocycles. The Balaban J connectivity index is 1.60. The van der Waals surface area contributed by atoms with Gasteiger partial charge in [0, 0.05) is 0 Å². The quantitative estimate of drug-likeness (QED) is 0.625. The molecule has 0 unspecified atom stereocenters. The van der Waals surface area contributed by atoms with Crippen molar-refractivity contribution < 1.29 is 19.2 Å². The van der Waals surface area contributed by atoms with Crippen molar-refractivity contribution in [3.8, 4) is 5.75 Å². The maximum Gasteiger partial charge on any atom is 0.266 e. The molecular weight excluding hydrogens is 380 g/mol. The van der Waals surface area contributed by atoms with Crippen molar-refractivity contribution in [1.29, 1.82) is 0 Å². The summed E-state index contributed by atoms with van der Waals surface area (Å²) in [6.45, 7) is 0. The number of ether oxygens (including phenoxy) is 1. The lowest BCUT2D eigenvalue weighted by molar-refractivity contribution is -0.126. The molecule has 2 heterocycles. The molecule has 2 fully saturated rings. The number of carbonyl (C=O) groups is 2. The standard InChI is InChI=1S/C24H20N2O4/c1-29-19-14-8-9-16(15-19)21-20-22(30-26(21)18-12-6-3-7-13-18)24(28)25(23(20)27)17-10-4-2-5-11-17/h2-15,20-22H,1H3/t20-,21+,22+/m0/s1. The number of anilines is 2. The number of para-hydroxylation sites is 2. The molecule has 2 amide bonds. The number of imide groups is 1.